The lowest BCUT2D eigenvalue weighted by atomic mass is 9.87. The van der Waals surface area contributed by atoms with Crippen molar-refractivity contribution in [3.63, 3.8) is 0 Å². The molecule has 4 N–H and O–H groups in total. The fourth-order valence-electron chi connectivity index (χ4n) is 1.51. The molecular formula is C13H24N2O4. The number of aliphatic hydroxyl groups is 2. The summed E-state index contributed by atoms with van der Waals surface area (Å²) >= 11 is 0. The van der Waals surface area contributed by atoms with Crippen LogP contribution in [0.4, 0.5) is 0 Å². The number of hydrogen-bond acceptors (Lipinski definition) is 4. The highest BCUT2D eigenvalue weighted by Gasteiger charge is 2.32. The van der Waals surface area contributed by atoms with Crippen LogP contribution in [-0.2, 0) is 9.59 Å². The van der Waals surface area contributed by atoms with E-state index in [4.69, 9.17) is 5.11 Å². The van der Waals surface area contributed by atoms with Gasteiger partial charge in [0, 0.05) is 24.9 Å². The van der Waals surface area contributed by atoms with Gasteiger partial charge in [0.15, 0.2) is 0 Å². The molecule has 1 atom stereocenters. The van der Waals surface area contributed by atoms with Gasteiger partial charge >= 0.3 is 0 Å². The van der Waals surface area contributed by atoms with Gasteiger partial charge in [0.2, 0.25) is 11.8 Å². The van der Waals surface area contributed by atoms with Gasteiger partial charge in [-0.25, -0.2) is 0 Å². The van der Waals surface area contributed by atoms with E-state index in [2.05, 4.69) is 10.6 Å². The molecule has 110 valence electrons. The number of aliphatic hydroxyl groups excluding tert-OH is 2. The molecule has 0 saturated heterocycles. The van der Waals surface area contributed by atoms with Crippen molar-refractivity contribution in [1.29, 1.82) is 0 Å². The second kappa shape index (κ2) is 6.86. The van der Waals surface area contributed by atoms with E-state index < -0.39 is 17.4 Å². The van der Waals surface area contributed by atoms with Gasteiger partial charge in [-0.3, -0.25) is 9.59 Å². The van der Waals surface area contributed by atoms with Crippen molar-refractivity contribution in [2.45, 2.75) is 39.2 Å². The number of carbonyl (C=O) groups excluding carboxylic acids is 2. The van der Waals surface area contributed by atoms with Crippen molar-refractivity contribution >= 4 is 11.8 Å². The number of amides is 2. The topological polar surface area (TPSA) is 98.7 Å². The van der Waals surface area contributed by atoms with E-state index in [9.17, 15) is 14.7 Å². The summed E-state index contributed by atoms with van der Waals surface area (Å²) in [7, 11) is 0. The first-order chi connectivity index (χ1) is 8.86. The van der Waals surface area contributed by atoms with Crippen molar-refractivity contribution in [3.8, 4) is 0 Å². The second-order valence-electron chi connectivity index (χ2n) is 5.84. The Balaban J connectivity index is 2.16. The maximum absolute atomic E-state index is 11.6. The molecule has 0 aliphatic heterocycles. The average Bonchev–Trinajstić information content (AvgIpc) is 3.19. The molecule has 6 heteroatoms. The molecule has 0 aromatic heterocycles. The molecule has 0 spiro atoms. The second-order valence-corrected chi connectivity index (χ2v) is 5.84. The summed E-state index contributed by atoms with van der Waals surface area (Å²) in [6.07, 6.45) is 1.27. The van der Waals surface area contributed by atoms with Crippen LogP contribution in [0.25, 0.3) is 0 Å². The van der Waals surface area contributed by atoms with Gasteiger partial charge in [-0.1, -0.05) is 13.8 Å². The van der Waals surface area contributed by atoms with Gasteiger partial charge in [0.25, 0.3) is 0 Å². The molecule has 1 aliphatic rings. The van der Waals surface area contributed by atoms with Gasteiger partial charge in [0.1, 0.15) is 6.10 Å². The van der Waals surface area contributed by atoms with Crippen LogP contribution in [0, 0.1) is 11.3 Å². The normalized spacial score (nSPS) is 16.8. The summed E-state index contributed by atoms with van der Waals surface area (Å²) in [5.41, 5.74) is -0.891. The Hall–Kier alpha value is -1.14. The molecule has 1 fully saturated rings. The minimum Gasteiger partial charge on any atom is -0.396 e. The summed E-state index contributed by atoms with van der Waals surface area (Å²) in [5.74, 6) is -0.0251. The Morgan fingerprint density at radius 1 is 1.32 bits per heavy atom. The summed E-state index contributed by atoms with van der Waals surface area (Å²) in [4.78, 5) is 23.0. The third-order valence-corrected chi connectivity index (χ3v) is 3.33. The van der Waals surface area contributed by atoms with Crippen LogP contribution in [0.5, 0.6) is 0 Å². The first-order valence-corrected chi connectivity index (χ1v) is 6.70. The van der Waals surface area contributed by atoms with Gasteiger partial charge in [-0.15, -0.1) is 0 Å². The number of carbonyl (C=O) groups is 2. The van der Waals surface area contributed by atoms with Gasteiger partial charge < -0.3 is 20.8 Å². The minimum absolute atomic E-state index is 0.0943. The van der Waals surface area contributed by atoms with Crippen molar-refractivity contribution in [2.75, 3.05) is 19.7 Å². The number of nitrogens with one attached hydrogen (secondary N) is 2. The third kappa shape index (κ3) is 5.57. The zero-order chi connectivity index (χ0) is 14.5. The Kier molecular flexibility index (Phi) is 5.75. The largest absolute Gasteiger partial charge is 0.396 e. The lowest BCUT2D eigenvalue weighted by Crippen LogP contribution is -2.46. The van der Waals surface area contributed by atoms with Crippen LogP contribution in [0.2, 0.25) is 0 Å². The SMILES string of the molecule is CC(C)(CO)[C@@H](O)C(=O)NCCC(=O)NCC1CC1. The predicted molar refractivity (Wildman–Crippen MR) is 70.2 cm³/mol. The van der Waals surface area contributed by atoms with Crippen molar-refractivity contribution in [1.82, 2.24) is 10.6 Å². The highest BCUT2D eigenvalue weighted by Crippen LogP contribution is 2.27. The summed E-state index contributed by atoms with van der Waals surface area (Å²) < 4.78 is 0. The number of hydrogen-bond donors (Lipinski definition) is 4. The van der Waals surface area contributed by atoms with Crippen molar-refractivity contribution in [3.05, 3.63) is 0 Å². The van der Waals surface area contributed by atoms with Crippen LogP contribution >= 0.6 is 0 Å². The molecule has 0 aromatic carbocycles. The van der Waals surface area contributed by atoms with E-state index >= 15 is 0 Å². The van der Waals surface area contributed by atoms with Gasteiger partial charge in [0.05, 0.1) is 6.61 Å². The highest BCUT2D eigenvalue weighted by molar-refractivity contribution is 5.82. The van der Waals surface area contributed by atoms with E-state index in [0.717, 1.165) is 0 Å². The van der Waals surface area contributed by atoms with Crippen LogP contribution in [0.3, 0.4) is 0 Å². The molecular weight excluding hydrogens is 248 g/mol. The fourth-order valence-corrected chi connectivity index (χ4v) is 1.51. The lowest BCUT2D eigenvalue weighted by Gasteiger charge is -2.27. The zero-order valence-electron chi connectivity index (χ0n) is 11.6. The summed E-state index contributed by atoms with van der Waals surface area (Å²) in [5, 5.41) is 24.1. The smallest absolute Gasteiger partial charge is 0.249 e. The molecule has 0 bridgehead atoms. The van der Waals surface area contributed by atoms with E-state index in [1.165, 1.54) is 12.8 Å². The molecule has 19 heavy (non-hydrogen) atoms. The Morgan fingerprint density at radius 3 is 2.47 bits per heavy atom. The Morgan fingerprint density at radius 2 is 1.95 bits per heavy atom. The maximum atomic E-state index is 11.6. The first-order valence-electron chi connectivity index (χ1n) is 6.70. The summed E-state index contributed by atoms with van der Waals surface area (Å²) in [6.45, 7) is 3.81. The molecule has 1 aliphatic carbocycles. The molecule has 2 amide bonds. The van der Waals surface area contributed by atoms with Gasteiger partial charge in [-0.2, -0.15) is 0 Å². The van der Waals surface area contributed by atoms with Crippen LogP contribution in [-0.4, -0.2) is 47.8 Å². The van der Waals surface area contributed by atoms with Crippen LogP contribution in [0.1, 0.15) is 33.1 Å². The van der Waals surface area contributed by atoms with Crippen molar-refractivity contribution in [2.24, 2.45) is 11.3 Å². The molecule has 1 rings (SSSR count). The fraction of sp³-hybridized carbons (Fsp3) is 0.846. The van der Waals surface area contributed by atoms with E-state index in [0.29, 0.717) is 12.5 Å². The standard InChI is InChI=1S/C13H24N2O4/c1-13(2,8-16)11(18)12(19)14-6-5-10(17)15-7-9-3-4-9/h9,11,16,18H,3-8H2,1-2H3,(H,14,19)(H,15,17)/t11-/m0/s1. The van der Waals surface area contributed by atoms with E-state index in [1.807, 2.05) is 0 Å². The average molecular weight is 272 g/mol. The molecule has 1 saturated carbocycles. The lowest BCUT2D eigenvalue weighted by molar-refractivity contribution is -0.137. The van der Waals surface area contributed by atoms with Crippen molar-refractivity contribution < 1.29 is 19.8 Å². The molecule has 0 heterocycles. The quantitative estimate of drug-likeness (QED) is 0.474. The minimum atomic E-state index is -1.29. The third-order valence-electron chi connectivity index (χ3n) is 3.33. The molecule has 6 nitrogen and oxygen atoms in total. The Labute approximate surface area is 113 Å². The molecule has 0 aromatic rings. The first kappa shape index (κ1) is 15.9. The van der Waals surface area contributed by atoms with Crippen LogP contribution < -0.4 is 10.6 Å². The monoisotopic (exact) mass is 272 g/mol. The van der Waals surface area contributed by atoms with E-state index in [-0.39, 0.29) is 25.5 Å². The van der Waals surface area contributed by atoms with E-state index in [1.54, 1.807) is 13.8 Å². The molecule has 0 radical (unpaired) electrons. The maximum Gasteiger partial charge on any atom is 0.249 e. The Bertz CT molecular complexity index is 327. The van der Waals surface area contributed by atoms with Gasteiger partial charge in [-0.05, 0) is 18.8 Å². The summed E-state index contributed by atoms with van der Waals surface area (Å²) in [6, 6.07) is 0. The zero-order valence-corrected chi connectivity index (χ0v) is 11.6. The predicted octanol–water partition coefficient (Wildman–Crippen LogP) is -0.602. The highest BCUT2D eigenvalue weighted by atomic mass is 16.3. The molecule has 0 unspecified atom stereocenters. The number of rotatable bonds is 8. The van der Waals surface area contributed by atoms with Crippen LogP contribution in [0.15, 0.2) is 0 Å².